The maximum absolute atomic E-state index is 11.3. The van der Waals surface area contributed by atoms with Gasteiger partial charge in [-0.1, -0.05) is 6.92 Å². The summed E-state index contributed by atoms with van der Waals surface area (Å²) in [6.45, 7) is 3.77. The molecular weight excluding hydrogens is 270 g/mol. The predicted molar refractivity (Wildman–Crippen MR) is 76.8 cm³/mol. The molecule has 0 bridgehead atoms. The third kappa shape index (κ3) is 4.08. The lowest BCUT2D eigenvalue weighted by atomic mass is 10.3. The van der Waals surface area contributed by atoms with Gasteiger partial charge in [0.25, 0.3) is 5.91 Å². The van der Waals surface area contributed by atoms with E-state index in [1.165, 1.54) is 11.3 Å². The Morgan fingerprint density at radius 2 is 2.17 bits per heavy atom. The molecule has 0 atom stereocenters. The van der Waals surface area contributed by atoms with Crippen LogP contribution in [0.5, 0.6) is 0 Å². The Kier molecular flexibility index (Phi) is 5.24. The molecule has 0 saturated carbocycles. The summed E-state index contributed by atoms with van der Waals surface area (Å²) in [5.41, 5.74) is 5.63. The third-order valence-corrected chi connectivity index (χ3v) is 3.25. The predicted octanol–water partition coefficient (Wildman–Crippen LogP) is 1.77. The molecule has 0 radical (unpaired) electrons. The number of nitrogens with one attached hydrogen (secondary N) is 2. The number of thiocarbonyl (C=S) groups is 1. The molecular formula is C11H15N3O2S2. The molecule has 1 heterocycles. The van der Waals surface area contributed by atoms with Crippen LogP contribution in [-0.4, -0.2) is 16.9 Å². The van der Waals surface area contributed by atoms with Gasteiger partial charge in [0.15, 0.2) is 5.11 Å². The molecule has 4 N–H and O–H groups in total. The largest absolute Gasteiger partial charge is 0.366 e. The van der Waals surface area contributed by atoms with E-state index < -0.39 is 5.91 Å². The summed E-state index contributed by atoms with van der Waals surface area (Å²) in [7, 11) is 0. The molecule has 0 spiro atoms. The fraction of sp³-hybridized carbons (Fsp3) is 0.364. The second-order valence-corrected chi connectivity index (χ2v) is 5.38. The number of anilines is 1. The lowest BCUT2D eigenvalue weighted by Gasteiger charge is -2.08. The molecule has 98 valence electrons. The van der Waals surface area contributed by atoms with Crippen molar-refractivity contribution in [2.24, 2.45) is 5.73 Å². The van der Waals surface area contributed by atoms with Crippen LogP contribution in [0.25, 0.3) is 0 Å². The molecule has 1 aromatic heterocycles. The number of hydrogen-bond donors (Lipinski definition) is 3. The lowest BCUT2D eigenvalue weighted by molar-refractivity contribution is -0.119. The zero-order valence-corrected chi connectivity index (χ0v) is 11.8. The Labute approximate surface area is 115 Å². The lowest BCUT2D eigenvalue weighted by Crippen LogP contribution is -2.34. The van der Waals surface area contributed by atoms with Gasteiger partial charge in [-0.05, 0) is 31.6 Å². The van der Waals surface area contributed by atoms with E-state index in [4.69, 9.17) is 18.0 Å². The van der Waals surface area contributed by atoms with Gasteiger partial charge in [0.2, 0.25) is 5.91 Å². The number of rotatable bonds is 4. The van der Waals surface area contributed by atoms with Gasteiger partial charge in [-0.15, -0.1) is 11.3 Å². The van der Waals surface area contributed by atoms with Crippen LogP contribution in [0.2, 0.25) is 0 Å². The van der Waals surface area contributed by atoms with Crippen molar-refractivity contribution in [1.29, 1.82) is 0 Å². The monoisotopic (exact) mass is 285 g/mol. The van der Waals surface area contributed by atoms with Crippen LogP contribution < -0.4 is 16.4 Å². The average Bonchev–Trinajstić information content (AvgIpc) is 2.59. The molecule has 0 aromatic carbocycles. The second kappa shape index (κ2) is 6.46. The van der Waals surface area contributed by atoms with E-state index in [2.05, 4.69) is 10.6 Å². The number of hydrogen-bond acceptors (Lipinski definition) is 4. The van der Waals surface area contributed by atoms with Crippen LogP contribution in [0.3, 0.4) is 0 Å². The molecule has 0 unspecified atom stereocenters. The van der Waals surface area contributed by atoms with Crippen molar-refractivity contribution in [1.82, 2.24) is 5.32 Å². The zero-order chi connectivity index (χ0) is 13.7. The smallest absolute Gasteiger partial charge is 0.251 e. The Morgan fingerprint density at radius 1 is 1.50 bits per heavy atom. The SMILES string of the molecule is CCCC(=O)NC(=S)Nc1sc(C)cc1C(N)=O. The first-order valence-corrected chi connectivity index (χ1v) is 6.67. The normalized spacial score (nSPS) is 9.89. The Morgan fingerprint density at radius 3 is 2.72 bits per heavy atom. The van der Waals surface area contributed by atoms with Gasteiger partial charge in [0.1, 0.15) is 5.00 Å². The van der Waals surface area contributed by atoms with Crippen molar-refractivity contribution in [2.75, 3.05) is 5.32 Å². The number of carbonyl (C=O) groups is 2. The molecule has 1 rings (SSSR count). The maximum atomic E-state index is 11.3. The van der Waals surface area contributed by atoms with Crippen LogP contribution in [0.1, 0.15) is 35.0 Å². The van der Waals surface area contributed by atoms with Crippen molar-refractivity contribution >= 4 is 45.5 Å². The fourth-order valence-electron chi connectivity index (χ4n) is 1.34. The number of amides is 2. The summed E-state index contributed by atoms with van der Waals surface area (Å²) in [6.07, 6.45) is 1.16. The molecule has 0 aliphatic rings. The van der Waals surface area contributed by atoms with Crippen molar-refractivity contribution < 1.29 is 9.59 Å². The van der Waals surface area contributed by atoms with Gasteiger partial charge in [0.05, 0.1) is 5.56 Å². The highest BCUT2D eigenvalue weighted by Crippen LogP contribution is 2.26. The molecule has 7 heteroatoms. The Balaban J connectivity index is 2.70. The van der Waals surface area contributed by atoms with Crippen molar-refractivity contribution in [2.45, 2.75) is 26.7 Å². The number of carbonyl (C=O) groups excluding carboxylic acids is 2. The standard InChI is InChI=1S/C11H15N3O2S2/c1-3-4-8(15)13-11(17)14-10-7(9(12)16)5-6(2)18-10/h5H,3-4H2,1-2H3,(H2,12,16)(H2,13,14,15,17). The van der Waals surface area contributed by atoms with E-state index in [1.807, 2.05) is 13.8 Å². The topological polar surface area (TPSA) is 84.2 Å². The second-order valence-electron chi connectivity index (χ2n) is 3.72. The van der Waals surface area contributed by atoms with E-state index in [0.29, 0.717) is 17.0 Å². The Hall–Kier alpha value is -1.47. The third-order valence-electron chi connectivity index (χ3n) is 2.08. The molecule has 0 saturated heterocycles. The minimum absolute atomic E-state index is 0.149. The summed E-state index contributed by atoms with van der Waals surface area (Å²) in [5.74, 6) is -0.673. The number of primary amides is 1. The van der Waals surface area contributed by atoms with Gasteiger partial charge in [0, 0.05) is 11.3 Å². The quantitative estimate of drug-likeness (QED) is 0.736. The van der Waals surface area contributed by atoms with E-state index in [1.54, 1.807) is 6.07 Å². The summed E-state index contributed by atoms with van der Waals surface area (Å²) >= 11 is 6.35. The highest BCUT2D eigenvalue weighted by molar-refractivity contribution is 7.80. The molecule has 18 heavy (non-hydrogen) atoms. The summed E-state index contributed by atoms with van der Waals surface area (Å²) < 4.78 is 0. The molecule has 1 aromatic rings. The number of nitrogens with two attached hydrogens (primary N) is 1. The molecule has 0 aliphatic heterocycles. The summed E-state index contributed by atoms with van der Waals surface area (Å²) in [6, 6.07) is 1.69. The van der Waals surface area contributed by atoms with Gasteiger partial charge in [-0.3, -0.25) is 9.59 Å². The minimum Gasteiger partial charge on any atom is -0.366 e. The maximum Gasteiger partial charge on any atom is 0.251 e. The van der Waals surface area contributed by atoms with Crippen LogP contribution in [0.15, 0.2) is 6.07 Å². The van der Waals surface area contributed by atoms with E-state index in [0.717, 1.165) is 11.3 Å². The van der Waals surface area contributed by atoms with Crippen LogP contribution in [0, 0.1) is 6.92 Å². The van der Waals surface area contributed by atoms with Crippen molar-refractivity contribution in [3.63, 3.8) is 0 Å². The molecule has 0 aliphatic carbocycles. The van der Waals surface area contributed by atoms with Gasteiger partial charge in [-0.2, -0.15) is 0 Å². The zero-order valence-electron chi connectivity index (χ0n) is 10.2. The fourth-order valence-corrected chi connectivity index (χ4v) is 2.54. The first-order chi connectivity index (χ1) is 8.43. The van der Waals surface area contributed by atoms with Gasteiger partial charge in [-0.25, -0.2) is 0 Å². The van der Waals surface area contributed by atoms with Crippen LogP contribution in [-0.2, 0) is 4.79 Å². The van der Waals surface area contributed by atoms with Gasteiger partial charge >= 0.3 is 0 Å². The highest BCUT2D eigenvalue weighted by atomic mass is 32.1. The van der Waals surface area contributed by atoms with E-state index >= 15 is 0 Å². The Bertz CT molecular complexity index is 483. The van der Waals surface area contributed by atoms with Crippen molar-refractivity contribution in [3.05, 3.63) is 16.5 Å². The van der Waals surface area contributed by atoms with E-state index in [-0.39, 0.29) is 11.0 Å². The minimum atomic E-state index is -0.524. The first-order valence-electron chi connectivity index (χ1n) is 5.45. The number of aryl methyl sites for hydroxylation is 1. The molecule has 0 fully saturated rings. The first kappa shape index (κ1) is 14.6. The van der Waals surface area contributed by atoms with E-state index in [9.17, 15) is 9.59 Å². The summed E-state index contributed by atoms with van der Waals surface area (Å²) in [5, 5.41) is 6.10. The average molecular weight is 285 g/mol. The van der Waals surface area contributed by atoms with Crippen LogP contribution in [0.4, 0.5) is 5.00 Å². The van der Waals surface area contributed by atoms with Crippen molar-refractivity contribution in [3.8, 4) is 0 Å². The van der Waals surface area contributed by atoms with Gasteiger partial charge < -0.3 is 16.4 Å². The highest BCUT2D eigenvalue weighted by Gasteiger charge is 2.13. The molecule has 5 nitrogen and oxygen atoms in total. The van der Waals surface area contributed by atoms with Crippen LogP contribution >= 0.6 is 23.6 Å². The number of thiophene rings is 1. The summed E-state index contributed by atoms with van der Waals surface area (Å²) in [4.78, 5) is 23.5. The molecule has 2 amide bonds.